The Balaban J connectivity index is 1.38. The number of carbonyl (C=O) groups is 3. The van der Waals surface area contributed by atoms with Crippen molar-refractivity contribution in [3.05, 3.63) is 96.1 Å². The van der Waals surface area contributed by atoms with Crippen molar-refractivity contribution in [3.8, 4) is 5.75 Å². The van der Waals surface area contributed by atoms with Gasteiger partial charge in [-0.1, -0.05) is 48.5 Å². The molecule has 3 aromatic rings. The molecule has 3 aromatic carbocycles. The molecule has 154 valence electrons. The topological polar surface area (TPSA) is 87.7 Å². The van der Waals surface area contributed by atoms with E-state index >= 15 is 0 Å². The number of hydrogen-bond acceptors (Lipinski definition) is 4. The Morgan fingerprint density at radius 1 is 0.903 bits per heavy atom. The van der Waals surface area contributed by atoms with Crippen LogP contribution in [-0.2, 0) is 14.4 Å². The van der Waals surface area contributed by atoms with Gasteiger partial charge in [0, 0.05) is 5.69 Å². The Labute approximate surface area is 178 Å². The molecule has 0 bridgehead atoms. The highest BCUT2D eigenvalue weighted by Crippen LogP contribution is 2.22. The molecule has 1 heterocycles. The summed E-state index contributed by atoms with van der Waals surface area (Å²) in [5.41, 5.74) is 4.55. The van der Waals surface area contributed by atoms with Crippen LogP contribution in [0.15, 0.2) is 90.5 Å². The van der Waals surface area contributed by atoms with Gasteiger partial charge in [-0.2, -0.15) is 0 Å². The molecule has 0 radical (unpaired) electrons. The van der Waals surface area contributed by atoms with Crippen LogP contribution in [0.2, 0.25) is 0 Å². The number of rotatable bonds is 6. The third-order valence-corrected chi connectivity index (χ3v) is 4.52. The summed E-state index contributed by atoms with van der Waals surface area (Å²) in [6.07, 6.45) is 1.52. The highest BCUT2D eigenvalue weighted by Gasteiger charge is 2.34. The van der Waals surface area contributed by atoms with Crippen LogP contribution in [0.5, 0.6) is 5.75 Å². The zero-order chi connectivity index (χ0) is 21.6. The molecule has 7 nitrogen and oxygen atoms in total. The number of para-hydroxylation sites is 2. The summed E-state index contributed by atoms with van der Waals surface area (Å²) >= 11 is 0. The van der Waals surface area contributed by atoms with Gasteiger partial charge in [0.25, 0.3) is 17.7 Å². The third kappa shape index (κ3) is 4.79. The Kier molecular flexibility index (Phi) is 5.75. The van der Waals surface area contributed by atoms with Crippen LogP contribution in [-0.4, -0.2) is 24.3 Å². The van der Waals surface area contributed by atoms with E-state index in [1.807, 2.05) is 24.3 Å². The van der Waals surface area contributed by atoms with E-state index in [4.69, 9.17) is 4.74 Å². The molecule has 0 atom stereocenters. The minimum atomic E-state index is -0.466. The van der Waals surface area contributed by atoms with Crippen molar-refractivity contribution in [2.75, 3.05) is 16.9 Å². The lowest BCUT2D eigenvalue weighted by molar-refractivity contribution is -0.118. The van der Waals surface area contributed by atoms with E-state index in [-0.39, 0.29) is 18.1 Å². The molecule has 0 unspecified atom stereocenters. The van der Waals surface area contributed by atoms with Gasteiger partial charge in [0.15, 0.2) is 6.61 Å². The molecule has 4 rings (SSSR count). The smallest absolute Gasteiger partial charge is 0.282 e. The molecule has 1 aliphatic rings. The molecule has 3 amide bonds. The zero-order valence-electron chi connectivity index (χ0n) is 16.4. The molecule has 2 N–H and O–H groups in total. The first-order valence-electron chi connectivity index (χ1n) is 9.60. The number of amides is 3. The van der Waals surface area contributed by atoms with Crippen molar-refractivity contribution in [3.63, 3.8) is 0 Å². The number of carbonyl (C=O) groups excluding carboxylic acids is 3. The lowest BCUT2D eigenvalue weighted by atomic mass is 10.1. The van der Waals surface area contributed by atoms with Gasteiger partial charge < -0.3 is 10.1 Å². The molecular weight excluding hydrogens is 394 g/mol. The van der Waals surface area contributed by atoms with Crippen LogP contribution in [0.25, 0.3) is 6.08 Å². The summed E-state index contributed by atoms with van der Waals surface area (Å²) in [5, 5.41) is 3.96. The summed E-state index contributed by atoms with van der Waals surface area (Å²) in [4.78, 5) is 36.8. The number of ether oxygens (including phenoxy) is 1. The zero-order valence-corrected chi connectivity index (χ0v) is 16.4. The van der Waals surface area contributed by atoms with Gasteiger partial charge in [0.1, 0.15) is 11.3 Å². The largest absolute Gasteiger partial charge is 0.484 e. The second-order valence-electron chi connectivity index (χ2n) is 6.75. The van der Waals surface area contributed by atoms with Gasteiger partial charge in [-0.25, -0.2) is 5.01 Å². The highest BCUT2D eigenvalue weighted by molar-refractivity contribution is 6.31. The Hall–Kier alpha value is -4.39. The summed E-state index contributed by atoms with van der Waals surface area (Å²) < 4.78 is 5.49. The Bertz CT molecular complexity index is 1130. The molecule has 7 heteroatoms. The lowest BCUT2D eigenvalue weighted by Crippen LogP contribution is -2.35. The average molecular weight is 413 g/mol. The van der Waals surface area contributed by atoms with Gasteiger partial charge in [0.2, 0.25) is 0 Å². The standard InChI is InChI=1S/C24H19N3O4/c28-22(25-18-7-3-1-4-8-18)16-31-20-13-11-17(12-14-20)15-21-23(29)26-27(24(21)30)19-9-5-2-6-10-19/h1-15H,16H2,(H,25,28)(H,26,29). The minimum absolute atomic E-state index is 0.0414. The molecule has 1 saturated heterocycles. The normalized spacial score (nSPS) is 14.5. The molecule has 1 aliphatic heterocycles. The maximum Gasteiger partial charge on any atom is 0.282 e. The second-order valence-corrected chi connectivity index (χ2v) is 6.75. The first-order chi connectivity index (χ1) is 15.1. The fourth-order valence-corrected chi connectivity index (χ4v) is 3.01. The number of hydrazine groups is 1. The number of hydrogen-bond donors (Lipinski definition) is 2. The monoisotopic (exact) mass is 413 g/mol. The van der Waals surface area contributed by atoms with Crippen LogP contribution in [0.1, 0.15) is 5.56 Å². The van der Waals surface area contributed by atoms with Crippen molar-refractivity contribution >= 4 is 35.2 Å². The van der Waals surface area contributed by atoms with Crippen LogP contribution >= 0.6 is 0 Å². The van der Waals surface area contributed by atoms with Gasteiger partial charge in [-0.3, -0.25) is 19.8 Å². The van der Waals surface area contributed by atoms with E-state index in [0.717, 1.165) is 0 Å². The second kappa shape index (κ2) is 8.96. The van der Waals surface area contributed by atoms with Crippen molar-refractivity contribution in [1.29, 1.82) is 0 Å². The van der Waals surface area contributed by atoms with E-state index in [2.05, 4.69) is 10.7 Å². The highest BCUT2D eigenvalue weighted by atomic mass is 16.5. The Morgan fingerprint density at radius 2 is 1.55 bits per heavy atom. The van der Waals surface area contributed by atoms with E-state index < -0.39 is 11.8 Å². The molecule has 31 heavy (non-hydrogen) atoms. The quantitative estimate of drug-likeness (QED) is 0.480. The van der Waals surface area contributed by atoms with Gasteiger partial charge in [-0.05, 0) is 48.0 Å². The van der Waals surface area contributed by atoms with Crippen molar-refractivity contribution in [2.45, 2.75) is 0 Å². The van der Waals surface area contributed by atoms with Gasteiger partial charge in [0.05, 0.1) is 5.69 Å². The van der Waals surface area contributed by atoms with Crippen molar-refractivity contribution < 1.29 is 19.1 Å². The lowest BCUT2D eigenvalue weighted by Gasteiger charge is -2.13. The maximum atomic E-state index is 12.6. The maximum absolute atomic E-state index is 12.6. The average Bonchev–Trinajstić information content (AvgIpc) is 3.08. The van der Waals surface area contributed by atoms with Gasteiger partial charge in [-0.15, -0.1) is 0 Å². The SMILES string of the molecule is O=C(COc1ccc(C=C2C(=O)NN(c3ccccc3)C2=O)cc1)Nc1ccccc1. The molecule has 0 aliphatic carbocycles. The molecule has 1 fully saturated rings. The molecule has 0 aromatic heterocycles. The number of benzene rings is 3. The van der Waals surface area contributed by atoms with Crippen LogP contribution in [0, 0.1) is 0 Å². The van der Waals surface area contributed by atoms with Crippen LogP contribution in [0.4, 0.5) is 11.4 Å². The van der Waals surface area contributed by atoms with Gasteiger partial charge >= 0.3 is 0 Å². The minimum Gasteiger partial charge on any atom is -0.484 e. The van der Waals surface area contributed by atoms with E-state index in [0.29, 0.717) is 22.7 Å². The van der Waals surface area contributed by atoms with Crippen molar-refractivity contribution in [2.24, 2.45) is 0 Å². The fraction of sp³-hybridized carbons (Fsp3) is 0.0417. The number of anilines is 2. The fourth-order valence-electron chi connectivity index (χ4n) is 3.01. The summed E-state index contributed by atoms with van der Waals surface area (Å²) in [7, 11) is 0. The summed E-state index contributed by atoms with van der Waals surface area (Å²) in [5.74, 6) is -0.661. The Morgan fingerprint density at radius 3 is 2.23 bits per heavy atom. The predicted octanol–water partition coefficient (Wildman–Crippen LogP) is 3.17. The van der Waals surface area contributed by atoms with E-state index in [9.17, 15) is 14.4 Å². The summed E-state index contributed by atoms with van der Waals surface area (Å²) in [6, 6.07) is 24.8. The number of nitrogens with one attached hydrogen (secondary N) is 2. The van der Waals surface area contributed by atoms with E-state index in [1.165, 1.54) is 11.1 Å². The number of nitrogens with zero attached hydrogens (tertiary/aromatic N) is 1. The summed E-state index contributed by atoms with van der Waals surface area (Å²) in [6.45, 7) is -0.137. The molecule has 0 spiro atoms. The molecular formula is C24H19N3O4. The molecule has 0 saturated carbocycles. The van der Waals surface area contributed by atoms with Crippen molar-refractivity contribution in [1.82, 2.24) is 5.43 Å². The van der Waals surface area contributed by atoms with Crippen LogP contribution < -0.4 is 20.5 Å². The van der Waals surface area contributed by atoms with Crippen LogP contribution in [0.3, 0.4) is 0 Å². The first-order valence-corrected chi connectivity index (χ1v) is 9.60. The third-order valence-electron chi connectivity index (χ3n) is 4.52. The predicted molar refractivity (Wildman–Crippen MR) is 117 cm³/mol. The van der Waals surface area contributed by atoms with E-state index in [1.54, 1.807) is 60.7 Å². The first kappa shape index (κ1) is 19.9.